The first-order chi connectivity index (χ1) is 16.9. The van der Waals surface area contributed by atoms with Crippen LogP contribution < -0.4 is 4.74 Å². The van der Waals surface area contributed by atoms with Gasteiger partial charge in [-0.1, -0.05) is 36.4 Å². The smallest absolute Gasteiger partial charge is 0.269 e. The number of Topliss-reactive ketones (excluding diaryl/α,β-unsaturated/α-hetero) is 1. The van der Waals surface area contributed by atoms with Gasteiger partial charge in [0.25, 0.3) is 5.69 Å². The summed E-state index contributed by atoms with van der Waals surface area (Å²) in [6.07, 6.45) is 1.20. The first-order valence-corrected chi connectivity index (χ1v) is 10.8. The average Bonchev–Trinajstić information content (AvgIpc) is 3.17. The number of aromatic nitrogens is 1. The zero-order valence-electron chi connectivity index (χ0n) is 19.0. The van der Waals surface area contributed by atoms with E-state index in [-0.39, 0.29) is 35.1 Å². The summed E-state index contributed by atoms with van der Waals surface area (Å²) in [4.78, 5) is 36.7. The second-order valence-electron chi connectivity index (χ2n) is 8.12. The Balaban J connectivity index is 1.64. The zero-order valence-corrected chi connectivity index (χ0v) is 19.0. The molecule has 174 valence electrons. The van der Waals surface area contributed by atoms with Gasteiger partial charge in [0.15, 0.2) is 5.76 Å². The van der Waals surface area contributed by atoms with Gasteiger partial charge in [-0.3, -0.25) is 19.7 Å². The fourth-order valence-corrected chi connectivity index (χ4v) is 4.47. The van der Waals surface area contributed by atoms with Gasteiger partial charge in [0.1, 0.15) is 18.1 Å². The van der Waals surface area contributed by atoms with Crippen molar-refractivity contribution in [2.24, 2.45) is 7.05 Å². The Labute approximate surface area is 200 Å². The third-order valence-corrected chi connectivity index (χ3v) is 6.12. The van der Waals surface area contributed by atoms with E-state index in [1.54, 1.807) is 11.6 Å². The van der Waals surface area contributed by atoms with Crippen LogP contribution >= 0.6 is 0 Å². The predicted molar refractivity (Wildman–Crippen MR) is 130 cm³/mol. The van der Waals surface area contributed by atoms with Gasteiger partial charge in [-0.2, -0.15) is 0 Å². The van der Waals surface area contributed by atoms with Crippen molar-refractivity contribution in [3.05, 3.63) is 106 Å². The van der Waals surface area contributed by atoms with Crippen LogP contribution in [0.5, 0.6) is 5.75 Å². The molecule has 1 aromatic heterocycles. The molecule has 8 nitrogen and oxygen atoms in total. The molecule has 3 aromatic carbocycles. The molecule has 0 amide bonds. The summed E-state index contributed by atoms with van der Waals surface area (Å²) in [5.74, 6) is -0.362. The van der Waals surface area contributed by atoms with Crippen LogP contribution in [0, 0.1) is 10.1 Å². The van der Waals surface area contributed by atoms with Gasteiger partial charge < -0.3 is 14.0 Å². The maximum absolute atomic E-state index is 13.3. The molecule has 0 bridgehead atoms. The fourth-order valence-electron chi connectivity index (χ4n) is 4.47. The molecular weight excluding hydrogens is 448 g/mol. The highest BCUT2D eigenvalue weighted by Crippen LogP contribution is 2.37. The lowest BCUT2D eigenvalue weighted by Crippen LogP contribution is -2.20. The minimum absolute atomic E-state index is 0.0286. The van der Waals surface area contributed by atoms with Crippen molar-refractivity contribution in [3.63, 3.8) is 0 Å². The number of nitrogens with zero attached hydrogens (tertiary/aromatic N) is 2. The standard InChI is InChI=1S/C27H20N2O6/c1-28-25(18-8-7-16-5-3-4-6-17(16)13-18)21(15-35-20-11-9-19(10-12-20)29(32)33)24-26(28)22(30)14-23(34-2)27(24)31/h3-14H,15H2,1-2H3. The monoisotopic (exact) mass is 468 g/mol. The van der Waals surface area contributed by atoms with Crippen LogP contribution in [-0.2, 0) is 18.4 Å². The first kappa shape index (κ1) is 22.1. The van der Waals surface area contributed by atoms with Gasteiger partial charge >= 0.3 is 0 Å². The highest BCUT2D eigenvalue weighted by Gasteiger charge is 2.35. The topological polar surface area (TPSA) is 101 Å². The molecule has 1 aliphatic rings. The lowest BCUT2D eigenvalue weighted by Gasteiger charge is -2.13. The van der Waals surface area contributed by atoms with E-state index < -0.39 is 10.7 Å². The average molecular weight is 468 g/mol. The van der Waals surface area contributed by atoms with E-state index in [9.17, 15) is 19.7 Å². The van der Waals surface area contributed by atoms with Crippen LogP contribution in [0.2, 0.25) is 0 Å². The summed E-state index contributed by atoms with van der Waals surface area (Å²) >= 11 is 0. The largest absolute Gasteiger partial charge is 0.492 e. The molecule has 4 aromatic rings. The molecule has 8 heteroatoms. The Morgan fingerprint density at radius 3 is 2.34 bits per heavy atom. The van der Waals surface area contributed by atoms with Gasteiger partial charge in [-0.05, 0) is 34.5 Å². The number of non-ortho nitro benzene ring substituents is 1. The number of nitro groups is 1. The van der Waals surface area contributed by atoms with Crippen molar-refractivity contribution < 1.29 is 24.0 Å². The van der Waals surface area contributed by atoms with E-state index in [0.29, 0.717) is 17.0 Å². The Morgan fingerprint density at radius 1 is 0.943 bits per heavy atom. The minimum atomic E-state index is -0.488. The second kappa shape index (κ2) is 8.57. The molecule has 35 heavy (non-hydrogen) atoms. The number of carbonyl (C=O) groups excluding carboxylic acids is 2. The second-order valence-corrected chi connectivity index (χ2v) is 8.12. The molecule has 0 radical (unpaired) electrons. The van der Waals surface area contributed by atoms with E-state index >= 15 is 0 Å². The molecule has 0 N–H and O–H groups in total. The normalized spacial score (nSPS) is 12.9. The molecule has 0 atom stereocenters. The van der Waals surface area contributed by atoms with Gasteiger partial charge in [0.2, 0.25) is 11.6 Å². The van der Waals surface area contributed by atoms with Gasteiger partial charge in [0, 0.05) is 30.8 Å². The van der Waals surface area contributed by atoms with E-state index in [4.69, 9.17) is 9.47 Å². The molecular formula is C27H20N2O6. The van der Waals surface area contributed by atoms with Crippen molar-refractivity contribution in [2.45, 2.75) is 6.61 Å². The van der Waals surface area contributed by atoms with Crippen molar-refractivity contribution >= 4 is 28.0 Å². The summed E-state index contributed by atoms with van der Waals surface area (Å²) in [5, 5.41) is 13.0. The fraction of sp³-hybridized carbons (Fsp3) is 0.111. The van der Waals surface area contributed by atoms with Crippen molar-refractivity contribution in [3.8, 4) is 17.0 Å². The van der Waals surface area contributed by atoms with Crippen LogP contribution in [0.15, 0.2) is 78.6 Å². The SMILES string of the molecule is COC1=CC(=O)c2c(c(COc3ccc([N+](=O)[O-])cc3)c(-c3ccc4ccccc4c3)n2C)C1=O. The van der Waals surface area contributed by atoms with E-state index in [1.165, 1.54) is 37.5 Å². The third-order valence-electron chi connectivity index (χ3n) is 6.12. The van der Waals surface area contributed by atoms with Crippen molar-refractivity contribution in [1.82, 2.24) is 4.57 Å². The number of fused-ring (bicyclic) bond motifs is 2. The number of ether oxygens (including phenoxy) is 2. The number of methoxy groups -OCH3 is 1. The molecule has 0 unspecified atom stereocenters. The molecule has 0 fully saturated rings. The number of benzene rings is 3. The number of rotatable bonds is 6. The van der Waals surface area contributed by atoms with E-state index in [0.717, 1.165) is 16.3 Å². The Bertz CT molecular complexity index is 1550. The zero-order chi connectivity index (χ0) is 24.7. The Hall–Kier alpha value is -4.72. The Morgan fingerprint density at radius 2 is 1.66 bits per heavy atom. The Kier molecular flexibility index (Phi) is 5.41. The number of allylic oxidation sites excluding steroid dienone is 2. The summed E-state index contributed by atoms with van der Waals surface area (Å²) in [6.45, 7) is -0.0286. The van der Waals surface area contributed by atoms with Crippen LogP contribution in [0.3, 0.4) is 0 Å². The number of hydrogen-bond acceptors (Lipinski definition) is 6. The summed E-state index contributed by atoms with van der Waals surface area (Å²) in [7, 11) is 3.10. The first-order valence-electron chi connectivity index (χ1n) is 10.8. The number of carbonyl (C=O) groups is 2. The lowest BCUT2D eigenvalue weighted by atomic mass is 9.94. The highest BCUT2D eigenvalue weighted by atomic mass is 16.6. The predicted octanol–water partition coefficient (Wildman–Crippen LogP) is 5.24. The third kappa shape index (κ3) is 3.74. The molecule has 0 aliphatic heterocycles. The quantitative estimate of drug-likeness (QED) is 0.283. The number of nitro benzene ring substituents is 1. The van der Waals surface area contributed by atoms with Crippen molar-refractivity contribution in [1.29, 1.82) is 0 Å². The van der Waals surface area contributed by atoms with Crippen LogP contribution in [0.25, 0.3) is 22.0 Å². The maximum atomic E-state index is 13.3. The number of hydrogen-bond donors (Lipinski definition) is 0. The molecule has 0 saturated heterocycles. The highest BCUT2D eigenvalue weighted by molar-refractivity contribution is 6.24. The van der Waals surface area contributed by atoms with Gasteiger partial charge in [-0.25, -0.2) is 0 Å². The molecule has 0 saturated carbocycles. The van der Waals surface area contributed by atoms with Crippen LogP contribution in [0.1, 0.15) is 26.4 Å². The van der Waals surface area contributed by atoms with E-state index in [1.807, 2.05) is 42.5 Å². The summed E-state index contributed by atoms with van der Waals surface area (Å²) < 4.78 is 12.8. The van der Waals surface area contributed by atoms with Crippen LogP contribution in [0.4, 0.5) is 5.69 Å². The number of ketones is 2. The summed E-state index contributed by atoms with van der Waals surface area (Å²) in [5.41, 5.74) is 2.49. The minimum Gasteiger partial charge on any atom is -0.492 e. The molecule has 1 heterocycles. The van der Waals surface area contributed by atoms with Crippen molar-refractivity contribution in [2.75, 3.05) is 7.11 Å². The molecule has 0 spiro atoms. The van der Waals surface area contributed by atoms with E-state index in [2.05, 4.69) is 0 Å². The molecule has 1 aliphatic carbocycles. The maximum Gasteiger partial charge on any atom is 0.269 e. The van der Waals surface area contributed by atoms with Crippen LogP contribution in [-0.4, -0.2) is 28.2 Å². The summed E-state index contributed by atoms with van der Waals surface area (Å²) in [6, 6.07) is 19.5. The molecule has 5 rings (SSSR count). The lowest BCUT2D eigenvalue weighted by molar-refractivity contribution is -0.384. The van der Waals surface area contributed by atoms with Gasteiger partial charge in [0.05, 0.1) is 23.3 Å². The van der Waals surface area contributed by atoms with Gasteiger partial charge in [-0.15, -0.1) is 0 Å².